The number of carboxylic acid groups (broad SMARTS) is 1. The van der Waals surface area contributed by atoms with Gasteiger partial charge in [0.1, 0.15) is 0 Å². The average molecular weight is 169 g/mol. The van der Waals surface area contributed by atoms with Crippen molar-refractivity contribution in [2.24, 2.45) is 29.4 Å². The van der Waals surface area contributed by atoms with Crippen molar-refractivity contribution < 1.29 is 9.90 Å². The minimum atomic E-state index is -0.643. The molecule has 3 N–H and O–H groups in total. The fourth-order valence-electron chi connectivity index (χ4n) is 2.52. The van der Waals surface area contributed by atoms with Crippen LogP contribution in [0.4, 0.5) is 0 Å². The fourth-order valence-corrected chi connectivity index (χ4v) is 2.52. The lowest BCUT2D eigenvalue weighted by Gasteiger charge is -2.26. The summed E-state index contributed by atoms with van der Waals surface area (Å²) in [5.41, 5.74) is 5.55. The molecule has 0 heterocycles. The highest BCUT2D eigenvalue weighted by atomic mass is 16.4. The van der Waals surface area contributed by atoms with Crippen LogP contribution in [0.25, 0.3) is 0 Å². The first-order chi connectivity index (χ1) is 5.72. The molecule has 0 aromatic rings. The molecule has 3 heteroatoms. The van der Waals surface area contributed by atoms with Crippen molar-refractivity contribution in [2.45, 2.75) is 19.3 Å². The molecule has 2 aliphatic rings. The first-order valence-electron chi connectivity index (χ1n) is 4.65. The van der Waals surface area contributed by atoms with Gasteiger partial charge in [-0.1, -0.05) is 0 Å². The zero-order valence-corrected chi connectivity index (χ0v) is 7.07. The van der Waals surface area contributed by atoms with Gasteiger partial charge < -0.3 is 10.8 Å². The van der Waals surface area contributed by atoms with Gasteiger partial charge in [-0.15, -0.1) is 0 Å². The van der Waals surface area contributed by atoms with Crippen LogP contribution in [0, 0.1) is 23.7 Å². The lowest BCUT2D eigenvalue weighted by molar-refractivity contribution is -0.144. The molecule has 2 rings (SSSR count). The van der Waals surface area contributed by atoms with E-state index >= 15 is 0 Å². The number of aliphatic carboxylic acids is 1. The van der Waals surface area contributed by atoms with Crippen molar-refractivity contribution in [2.75, 3.05) is 6.54 Å². The molecule has 0 aliphatic heterocycles. The van der Waals surface area contributed by atoms with Crippen LogP contribution >= 0.6 is 0 Å². The van der Waals surface area contributed by atoms with Crippen LogP contribution < -0.4 is 5.73 Å². The Kier molecular flexibility index (Phi) is 1.83. The number of hydrogen-bond acceptors (Lipinski definition) is 2. The summed E-state index contributed by atoms with van der Waals surface area (Å²) in [4.78, 5) is 10.8. The Bertz CT molecular complexity index is 205. The van der Waals surface area contributed by atoms with Crippen molar-refractivity contribution in [3.05, 3.63) is 0 Å². The Balaban J connectivity index is 2.03. The van der Waals surface area contributed by atoms with Crippen LogP contribution in [0.3, 0.4) is 0 Å². The maximum Gasteiger partial charge on any atom is 0.306 e. The van der Waals surface area contributed by atoms with Crippen LogP contribution in [0.15, 0.2) is 0 Å². The highest BCUT2D eigenvalue weighted by Gasteiger charge is 2.48. The zero-order valence-electron chi connectivity index (χ0n) is 7.07. The number of nitrogens with two attached hydrogens (primary N) is 1. The molecule has 0 aromatic heterocycles. The SMILES string of the molecule is NCC1CC2CC2CC1C(=O)O. The van der Waals surface area contributed by atoms with Crippen LogP contribution in [-0.2, 0) is 4.79 Å². The smallest absolute Gasteiger partial charge is 0.306 e. The largest absolute Gasteiger partial charge is 0.481 e. The highest BCUT2D eigenvalue weighted by Crippen LogP contribution is 2.53. The van der Waals surface area contributed by atoms with Crippen LogP contribution in [-0.4, -0.2) is 17.6 Å². The normalized spacial score (nSPS) is 45.1. The third kappa shape index (κ3) is 1.22. The van der Waals surface area contributed by atoms with Gasteiger partial charge in [0.2, 0.25) is 0 Å². The molecule has 0 spiro atoms. The Morgan fingerprint density at radius 3 is 2.58 bits per heavy atom. The van der Waals surface area contributed by atoms with E-state index in [0.717, 1.165) is 18.8 Å². The fraction of sp³-hybridized carbons (Fsp3) is 0.889. The number of carboxylic acids is 1. The molecule has 4 unspecified atom stereocenters. The van der Waals surface area contributed by atoms with E-state index in [1.54, 1.807) is 0 Å². The van der Waals surface area contributed by atoms with E-state index < -0.39 is 5.97 Å². The summed E-state index contributed by atoms with van der Waals surface area (Å²) in [6.07, 6.45) is 3.18. The van der Waals surface area contributed by atoms with Gasteiger partial charge in [0.05, 0.1) is 5.92 Å². The molecule has 0 saturated heterocycles. The number of rotatable bonds is 2. The maximum absolute atomic E-state index is 10.8. The van der Waals surface area contributed by atoms with Gasteiger partial charge in [-0.25, -0.2) is 0 Å². The lowest BCUT2D eigenvalue weighted by Crippen LogP contribution is -2.33. The molecule has 4 atom stereocenters. The van der Waals surface area contributed by atoms with Gasteiger partial charge in [-0.05, 0) is 43.6 Å². The molecule has 68 valence electrons. The van der Waals surface area contributed by atoms with Gasteiger partial charge in [-0.3, -0.25) is 4.79 Å². The zero-order chi connectivity index (χ0) is 8.72. The molecule has 2 fully saturated rings. The van der Waals surface area contributed by atoms with Crippen molar-refractivity contribution >= 4 is 5.97 Å². The first kappa shape index (κ1) is 8.05. The second-order valence-corrected chi connectivity index (χ2v) is 4.17. The molecule has 0 radical (unpaired) electrons. The summed E-state index contributed by atoms with van der Waals surface area (Å²) >= 11 is 0. The Hall–Kier alpha value is -0.570. The second kappa shape index (κ2) is 2.73. The predicted molar refractivity (Wildman–Crippen MR) is 44.5 cm³/mol. The molecule has 0 amide bonds. The van der Waals surface area contributed by atoms with Gasteiger partial charge in [0.15, 0.2) is 0 Å². The van der Waals surface area contributed by atoms with Crippen molar-refractivity contribution in [1.82, 2.24) is 0 Å². The summed E-state index contributed by atoms with van der Waals surface area (Å²) in [5, 5.41) is 8.92. The summed E-state index contributed by atoms with van der Waals surface area (Å²) in [6, 6.07) is 0. The molecule has 0 bridgehead atoms. The van der Waals surface area contributed by atoms with E-state index in [4.69, 9.17) is 10.8 Å². The van der Waals surface area contributed by atoms with Gasteiger partial charge in [0.25, 0.3) is 0 Å². The quantitative estimate of drug-likeness (QED) is 0.639. The summed E-state index contributed by atoms with van der Waals surface area (Å²) in [7, 11) is 0. The van der Waals surface area contributed by atoms with E-state index in [1.165, 1.54) is 6.42 Å². The first-order valence-corrected chi connectivity index (χ1v) is 4.65. The standard InChI is InChI=1S/C9H15NO2/c10-4-7-2-5-1-6(5)3-8(7)9(11)12/h5-8H,1-4,10H2,(H,11,12). The number of carbonyl (C=O) groups is 1. The molecular weight excluding hydrogens is 154 g/mol. The summed E-state index contributed by atoms with van der Waals surface area (Å²) in [6.45, 7) is 0.542. The van der Waals surface area contributed by atoms with E-state index in [0.29, 0.717) is 12.5 Å². The Morgan fingerprint density at radius 2 is 2.00 bits per heavy atom. The number of fused-ring (bicyclic) bond motifs is 1. The minimum Gasteiger partial charge on any atom is -0.481 e. The Labute approximate surface area is 71.9 Å². The molecular formula is C9H15NO2. The second-order valence-electron chi connectivity index (χ2n) is 4.17. The third-order valence-corrected chi connectivity index (χ3v) is 3.42. The number of hydrogen-bond donors (Lipinski definition) is 2. The molecule has 2 aliphatic carbocycles. The third-order valence-electron chi connectivity index (χ3n) is 3.42. The molecule has 12 heavy (non-hydrogen) atoms. The van der Waals surface area contributed by atoms with Gasteiger partial charge in [0, 0.05) is 0 Å². The monoisotopic (exact) mass is 169 g/mol. The van der Waals surface area contributed by atoms with Crippen molar-refractivity contribution in [3.8, 4) is 0 Å². The van der Waals surface area contributed by atoms with Gasteiger partial charge >= 0.3 is 5.97 Å². The lowest BCUT2D eigenvalue weighted by atomic mass is 9.79. The molecule has 3 nitrogen and oxygen atoms in total. The topological polar surface area (TPSA) is 63.3 Å². The minimum absolute atomic E-state index is 0.154. The Morgan fingerprint density at radius 1 is 1.33 bits per heavy atom. The van der Waals surface area contributed by atoms with E-state index in [2.05, 4.69) is 0 Å². The van der Waals surface area contributed by atoms with E-state index in [-0.39, 0.29) is 11.8 Å². The van der Waals surface area contributed by atoms with Crippen LogP contribution in [0.1, 0.15) is 19.3 Å². The average Bonchev–Trinajstić information content (AvgIpc) is 2.79. The van der Waals surface area contributed by atoms with E-state index in [1.807, 2.05) is 0 Å². The molecule has 0 aromatic carbocycles. The highest BCUT2D eigenvalue weighted by molar-refractivity contribution is 5.70. The predicted octanol–water partition coefficient (Wildman–Crippen LogP) is 0.692. The van der Waals surface area contributed by atoms with Crippen molar-refractivity contribution in [3.63, 3.8) is 0 Å². The summed E-state index contributed by atoms with van der Waals surface area (Å²) in [5.74, 6) is 0.976. The van der Waals surface area contributed by atoms with Crippen LogP contribution in [0.2, 0.25) is 0 Å². The molecule has 2 saturated carbocycles. The van der Waals surface area contributed by atoms with E-state index in [9.17, 15) is 4.79 Å². The van der Waals surface area contributed by atoms with Gasteiger partial charge in [-0.2, -0.15) is 0 Å². The summed E-state index contributed by atoms with van der Waals surface area (Å²) < 4.78 is 0. The van der Waals surface area contributed by atoms with Crippen LogP contribution in [0.5, 0.6) is 0 Å². The van der Waals surface area contributed by atoms with Crippen molar-refractivity contribution in [1.29, 1.82) is 0 Å². The maximum atomic E-state index is 10.8.